The van der Waals surface area contributed by atoms with Crippen molar-refractivity contribution in [2.75, 3.05) is 4.90 Å². The van der Waals surface area contributed by atoms with Gasteiger partial charge in [-0.2, -0.15) is 10.2 Å². The summed E-state index contributed by atoms with van der Waals surface area (Å²) in [6.07, 6.45) is 4.59. The molecule has 0 amide bonds. The van der Waals surface area contributed by atoms with Crippen molar-refractivity contribution in [3.05, 3.63) is 88.5 Å². The lowest BCUT2D eigenvalue weighted by atomic mass is 9.89. The highest BCUT2D eigenvalue weighted by Gasteiger charge is 2.24. The molecule has 150 valence electrons. The van der Waals surface area contributed by atoms with E-state index >= 15 is 0 Å². The number of ketones is 1. The summed E-state index contributed by atoms with van der Waals surface area (Å²) in [6, 6.07) is 20.4. The minimum Gasteiger partial charge on any atom is -0.363 e. The summed E-state index contributed by atoms with van der Waals surface area (Å²) in [7, 11) is 0. The average Bonchev–Trinajstić information content (AvgIpc) is 3.21. The Morgan fingerprint density at radius 1 is 0.800 bits per heavy atom. The molecular formula is C26H25N3O. The molecule has 0 spiro atoms. The zero-order valence-electron chi connectivity index (χ0n) is 17.3. The molecule has 30 heavy (non-hydrogen) atoms. The van der Waals surface area contributed by atoms with Gasteiger partial charge in [0.05, 0.1) is 11.4 Å². The van der Waals surface area contributed by atoms with Crippen LogP contribution in [0.5, 0.6) is 0 Å². The van der Waals surface area contributed by atoms with Crippen LogP contribution in [0.1, 0.15) is 52.4 Å². The summed E-state index contributed by atoms with van der Waals surface area (Å²) in [5.74, 6) is 0.0622. The van der Waals surface area contributed by atoms with E-state index in [2.05, 4.69) is 51.5 Å². The van der Waals surface area contributed by atoms with Gasteiger partial charge in [-0.15, -0.1) is 0 Å². The van der Waals surface area contributed by atoms with Crippen molar-refractivity contribution in [2.24, 2.45) is 10.2 Å². The molecule has 1 aliphatic heterocycles. The summed E-state index contributed by atoms with van der Waals surface area (Å²) < 4.78 is 0. The van der Waals surface area contributed by atoms with Gasteiger partial charge in [0, 0.05) is 24.3 Å². The van der Waals surface area contributed by atoms with Gasteiger partial charge >= 0.3 is 0 Å². The Bertz CT molecular complexity index is 1110. The first kappa shape index (κ1) is 18.7. The fraction of sp³-hybridized carbons (Fsp3) is 0.269. The normalized spacial score (nSPS) is 15.3. The van der Waals surface area contributed by atoms with Gasteiger partial charge in [-0.3, -0.25) is 4.79 Å². The molecule has 0 aromatic heterocycles. The second-order valence-electron chi connectivity index (χ2n) is 8.20. The van der Waals surface area contributed by atoms with Crippen LogP contribution in [0.4, 0.5) is 17.1 Å². The van der Waals surface area contributed by atoms with E-state index < -0.39 is 0 Å². The molecule has 0 saturated carbocycles. The number of rotatable bonds is 4. The molecule has 0 N–H and O–H groups in total. The Morgan fingerprint density at radius 3 is 2.13 bits per heavy atom. The fourth-order valence-electron chi connectivity index (χ4n) is 4.60. The van der Waals surface area contributed by atoms with Crippen molar-refractivity contribution in [2.45, 2.75) is 45.7 Å². The molecule has 0 atom stereocenters. The third-order valence-electron chi connectivity index (χ3n) is 6.21. The van der Waals surface area contributed by atoms with E-state index in [0.717, 1.165) is 37.3 Å². The Balaban J connectivity index is 1.44. The summed E-state index contributed by atoms with van der Waals surface area (Å²) in [5.41, 5.74) is 9.44. The van der Waals surface area contributed by atoms with Crippen LogP contribution in [0.3, 0.4) is 0 Å². The van der Waals surface area contributed by atoms with Gasteiger partial charge in [-0.05, 0) is 91.3 Å². The molecule has 0 bridgehead atoms. The second kappa shape index (κ2) is 7.86. The highest BCUT2D eigenvalue weighted by molar-refractivity contribution is 5.94. The Kier molecular flexibility index (Phi) is 4.91. The maximum atomic E-state index is 11.5. The first-order chi connectivity index (χ1) is 14.7. The van der Waals surface area contributed by atoms with Crippen molar-refractivity contribution in [3.8, 4) is 0 Å². The van der Waals surface area contributed by atoms with Crippen LogP contribution in [-0.4, -0.2) is 5.78 Å². The summed E-state index contributed by atoms with van der Waals surface area (Å²) >= 11 is 0. The Hall–Kier alpha value is -3.27. The summed E-state index contributed by atoms with van der Waals surface area (Å²) in [5, 5.41) is 9.04. The standard InChI is InChI=1S/C26H25N3O/c1-18(30)19-10-12-22(13-11-19)27-28-25-14-15-26(24-9-5-4-8-23(24)25)29-16-20-6-2-3-7-21(20)17-29/h2-3,6-7,10-15H,4-5,8-9,16-17H2,1H3. The van der Waals surface area contributed by atoms with Crippen LogP contribution in [0.15, 0.2) is 70.9 Å². The van der Waals surface area contributed by atoms with Crippen molar-refractivity contribution >= 4 is 22.8 Å². The van der Waals surface area contributed by atoms with E-state index in [4.69, 9.17) is 0 Å². The molecule has 4 nitrogen and oxygen atoms in total. The molecular weight excluding hydrogens is 370 g/mol. The lowest BCUT2D eigenvalue weighted by molar-refractivity contribution is 0.101. The SMILES string of the molecule is CC(=O)c1ccc(N=Nc2ccc(N3Cc4ccccc4C3)c3c2CCCC3)cc1. The van der Waals surface area contributed by atoms with Gasteiger partial charge in [-0.1, -0.05) is 24.3 Å². The highest BCUT2D eigenvalue weighted by Crippen LogP contribution is 2.40. The number of carbonyl (C=O) groups is 1. The zero-order chi connectivity index (χ0) is 20.5. The molecule has 3 aromatic carbocycles. The molecule has 4 heteroatoms. The highest BCUT2D eigenvalue weighted by atomic mass is 16.1. The number of anilines is 1. The molecule has 2 aliphatic rings. The van der Waals surface area contributed by atoms with E-state index in [1.807, 2.05) is 12.1 Å². The van der Waals surface area contributed by atoms with Gasteiger partial charge in [0.25, 0.3) is 0 Å². The molecule has 0 unspecified atom stereocenters. The lowest BCUT2D eigenvalue weighted by Gasteiger charge is -2.27. The summed E-state index contributed by atoms with van der Waals surface area (Å²) in [6.45, 7) is 3.53. The molecule has 1 aliphatic carbocycles. The largest absolute Gasteiger partial charge is 0.363 e. The molecule has 0 saturated heterocycles. The van der Waals surface area contributed by atoms with Crippen LogP contribution in [0.2, 0.25) is 0 Å². The number of azo groups is 1. The van der Waals surface area contributed by atoms with Gasteiger partial charge in [-0.25, -0.2) is 0 Å². The van der Waals surface area contributed by atoms with Crippen LogP contribution < -0.4 is 4.90 Å². The number of hydrogen-bond donors (Lipinski definition) is 0. The van der Waals surface area contributed by atoms with Gasteiger partial charge < -0.3 is 4.90 Å². The molecule has 1 heterocycles. The third-order valence-corrected chi connectivity index (χ3v) is 6.21. The van der Waals surface area contributed by atoms with E-state index in [9.17, 15) is 4.79 Å². The lowest BCUT2D eigenvalue weighted by Crippen LogP contribution is -2.18. The van der Waals surface area contributed by atoms with Crippen molar-refractivity contribution < 1.29 is 4.79 Å². The number of benzene rings is 3. The monoisotopic (exact) mass is 395 g/mol. The fourth-order valence-corrected chi connectivity index (χ4v) is 4.60. The average molecular weight is 396 g/mol. The van der Waals surface area contributed by atoms with Crippen molar-refractivity contribution in [3.63, 3.8) is 0 Å². The van der Waals surface area contributed by atoms with Crippen molar-refractivity contribution in [1.29, 1.82) is 0 Å². The number of fused-ring (bicyclic) bond motifs is 2. The van der Waals surface area contributed by atoms with Gasteiger partial charge in [0.1, 0.15) is 0 Å². The van der Waals surface area contributed by atoms with E-state index in [1.54, 1.807) is 19.1 Å². The molecule has 0 radical (unpaired) electrons. The van der Waals surface area contributed by atoms with Gasteiger partial charge in [0.15, 0.2) is 5.78 Å². The van der Waals surface area contributed by atoms with Crippen LogP contribution in [0, 0.1) is 0 Å². The topological polar surface area (TPSA) is 45.0 Å². The zero-order valence-corrected chi connectivity index (χ0v) is 17.3. The maximum Gasteiger partial charge on any atom is 0.159 e. The maximum absolute atomic E-state index is 11.5. The van der Waals surface area contributed by atoms with Crippen LogP contribution in [-0.2, 0) is 25.9 Å². The number of carbonyl (C=O) groups excluding carboxylic acids is 1. The quantitative estimate of drug-likeness (QED) is 0.364. The Morgan fingerprint density at radius 2 is 1.47 bits per heavy atom. The summed E-state index contributed by atoms with van der Waals surface area (Å²) in [4.78, 5) is 13.9. The second-order valence-corrected chi connectivity index (χ2v) is 8.20. The predicted molar refractivity (Wildman–Crippen MR) is 120 cm³/mol. The van der Waals surface area contributed by atoms with Crippen molar-refractivity contribution in [1.82, 2.24) is 0 Å². The third kappa shape index (κ3) is 3.54. The van der Waals surface area contributed by atoms with Crippen LogP contribution in [0.25, 0.3) is 0 Å². The smallest absolute Gasteiger partial charge is 0.159 e. The minimum atomic E-state index is 0.0622. The first-order valence-corrected chi connectivity index (χ1v) is 10.7. The van der Waals surface area contributed by atoms with Crippen LogP contribution >= 0.6 is 0 Å². The predicted octanol–water partition coefficient (Wildman–Crippen LogP) is 6.70. The van der Waals surface area contributed by atoms with E-state index in [0.29, 0.717) is 5.56 Å². The molecule has 3 aromatic rings. The minimum absolute atomic E-state index is 0.0622. The molecule has 0 fully saturated rings. The number of nitrogens with zero attached hydrogens (tertiary/aromatic N) is 3. The number of hydrogen-bond acceptors (Lipinski definition) is 4. The van der Waals surface area contributed by atoms with E-state index in [1.165, 1.54) is 40.8 Å². The van der Waals surface area contributed by atoms with E-state index in [-0.39, 0.29) is 5.78 Å². The van der Waals surface area contributed by atoms with Gasteiger partial charge in [0.2, 0.25) is 0 Å². The Labute approximate surface area is 177 Å². The number of Topliss-reactive ketones (excluding diaryl/α,β-unsaturated/α-hetero) is 1. The first-order valence-electron chi connectivity index (χ1n) is 10.7. The molecule has 5 rings (SSSR count).